The van der Waals surface area contributed by atoms with Crippen LogP contribution in [0.1, 0.15) is 6.42 Å². The Hall–Kier alpha value is -2.41. The van der Waals surface area contributed by atoms with Crippen molar-refractivity contribution < 1.29 is 14.7 Å². The van der Waals surface area contributed by atoms with E-state index in [0.29, 0.717) is 5.69 Å². The summed E-state index contributed by atoms with van der Waals surface area (Å²) >= 11 is 0. The number of aromatic nitrogens is 2. The van der Waals surface area contributed by atoms with Crippen molar-refractivity contribution >= 4 is 28.6 Å². The summed E-state index contributed by atoms with van der Waals surface area (Å²) in [5.41, 5.74) is 7.69. The van der Waals surface area contributed by atoms with Crippen LogP contribution in [0.3, 0.4) is 0 Å². The number of nitrogens with two attached hydrogens (primary N) is 1. The number of hydrogen-bond acceptors (Lipinski definition) is 4. The number of carboxylic acid groups (broad SMARTS) is 1. The summed E-state index contributed by atoms with van der Waals surface area (Å²) in [4.78, 5) is 26.3. The molecule has 7 nitrogen and oxygen atoms in total. The largest absolute Gasteiger partial charge is 0.481 e. The van der Waals surface area contributed by atoms with Crippen molar-refractivity contribution in [1.82, 2.24) is 9.55 Å². The number of nitrogens with one attached hydrogen (secondary N) is 1. The molecular formula is C12H14N4O3. The first-order valence-electron chi connectivity index (χ1n) is 5.66. The van der Waals surface area contributed by atoms with Gasteiger partial charge in [0.1, 0.15) is 0 Å². The molecule has 19 heavy (non-hydrogen) atoms. The molecule has 0 fully saturated rings. The third-order valence-corrected chi connectivity index (χ3v) is 2.72. The van der Waals surface area contributed by atoms with Gasteiger partial charge in [0.15, 0.2) is 0 Å². The minimum atomic E-state index is -1.11. The number of fused-ring (bicyclic) bond motifs is 1. The number of hydrogen-bond donors (Lipinski definition) is 3. The molecule has 1 unspecified atom stereocenters. The third-order valence-electron chi connectivity index (χ3n) is 2.72. The minimum absolute atomic E-state index is 0.405. The number of carbonyl (C=O) groups excluding carboxylic acids is 1. The zero-order valence-electron chi connectivity index (χ0n) is 10.3. The second kappa shape index (κ2) is 5.07. The van der Waals surface area contributed by atoms with E-state index < -0.39 is 24.3 Å². The zero-order chi connectivity index (χ0) is 14.0. The number of carboxylic acids is 1. The van der Waals surface area contributed by atoms with E-state index in [4.69, 9.17) is 10.8 Å². The van der Waals surface area contributed by atoms with Gasteiger partial charge in [-0.15, -0.1) is 0 Å². The lowest BCUT2D eigenvalue weighted by atomic mass is 10.2. The number of imidazole rings is 1. The topological polar surface area (TPSA) is 110 Å². The number of rotatable bonds is 4. The fourth-order valence-electron chi connectivity index (χ4n) is 1.73. The molecule has 4 N–H and O–H groups in total. The van der Waals surface area contributed by atoms with Gasteiger partial charge in [0.25, 0.3) is 0 Å². The van der Waals surface area contributed by atoms with Crippen LogP contribution in [0.25, 0.3) is 11.0 Å². The fraction of sp³-hybridized carbons (Fsp3) is 0.250. The van der Waals surface area contributed by atoms with E-state index in [1.165, 1.54) is 0 Å². The molecule has 7 heteroatoms. The Morgan fingerprint density at radius 3 is 2.95 bits per heavy atom. The highest BCUT2D eigenvalue weighted by atomic mass is 16.4. The smallest absolute Gasteiger partial charge is 0.305 e. The number of amides is 1. The third kappa shape index (κ3) is 2.89. The number of anilines is 1. The molecule has 2 rings (SSSR count). The van der Waals surface area contributed by atoms with Gasteiger partial charge >= 0.3 is 5.97 Å². The lowest BCUT2D eigenvalue weighted by Crippen LogP contribution is -2.37. The van der Waals surface area contributed by atoms with E-state index in [2.05, 4.69) is 10.3 Å². The predicted octanol–water partition coefficient (Wildman–Crippen LogP) is 0.314. The summed E-state index contributed by atoms with van der Waals surface area (Å²) < 4.78 is 1.86. The van der Waals surface area contributed by atoms with Crippen LogP contribution in [0.15, 0.2) is 24.5 Å². The Bertz CT molecular complexity index is 635. The Morgan fingerprint density at radius 2 is 2.26 bits per heavy atom. The molecule has 1 aromatic carbocycles. The molecule has 0 radical (unpaired) electrons. The quantitative estimate of drug-likeness (QED) is 0.734. The van der Waals surface area contributed by atoms with Crippen LogP contribution in [-0.2, 0) is 16.6 Å². The van der Waals surface area contributed by atoms with Gasteiger partial charge in [-0.3, -0.25) is 9.59 Å². The standard InChI is InChI=1S/C12H14N4O3/c1-16-6-14-9-4-7(2-3-10(9)16)15-12(19)8(13)5-11(17)18/h2-4,6,8H,5,13H2,1H3,(H,15,19)(H,17,18). The highest BCUT2D eigenvalue weighted by Gasteiger charge is 2.17. The highest BCUT2D eigenvalue weighted by Crippen LogP contribution is 2.17. The van der Waals surface area contributed by atoms with Crippen LogP contribution < -0.4 is 11.1 Å². The van der Waals surface area contributed by atoms with Crippen molar-refractivity contribution in [3.05, 3.63) is 24.5 Å². The van der Waals surface area contributed by atoms with Crippen molar-refractivity contribution in [2.75, 3.05) is 5.32 Å². The lowest BCUT2D eigenvalue weighted by molar-refractivity contribution is -0.138. The normalized spacial score (nSPS) is 12.3. The maximum Gasteiger partial charge on any atom is 0.305 e. The predicted molar refractivity (Wildman–Crippen MR) is 69.6 cm³/mol. The second-order valence-corrected chi connectivity index (χ2v) is 4.25. The van der Waals surface area contributed by atoms with Gasteiger partial charge in [0.05, 0.1) is 29.8 Å². The van der Waals surface area contributed by atoms with Gasteiger partial charge in [-0.2, -0.15) is 0 Å². The zero-order valence-corrected chi connectivity index (χ0v) is 10.3. The summed E-state index contributed by atoms with van der Waals surface area (Å²) in [7, 11) is 1.87. The lowest BCUT2D eigenvalue weighted by Gasteiger charge is -2.10. The van der Waals surface area contributed by atoms with Crippen molar-refractivity contribution in [3.63, 3.8) is 0 Å². The van der Waals surface area contributed by atoms with E-state index in [-0.39, 0.29) is 0 Å². The molecule has 0 aliphatic rings. The fourth-order valence-corrected chi connectivity index (χ4v) is 1.73. The molecule has 0 saturated heterocycles. The molecular weight excluding hydrogens is 248 g/mol. The molecule has 0 bridgehead atoms. The molecule has 1 atom stereocenters. The van der Waals surface area contributed by atoms with Crippen molar-refractivity contribution in [2.45, 2.75) is 12.5 Å². The number of aryl methyl sites for hydroxylation is 1. The van der Waals surface area contributed by atoms with Crippen molar-refractivity contribution in [1.29, 1.82) is 0 Å². The SMILES string of the molecule is Cn1cnc2cc(NC(=O)C(N)CC(=O)O)ccc21. The van der Waals surface area contributed by atoms with Crippen LogP contribution in [0.5, 0.6) is 0 Å². The Morgan fingerprint density at radius 1 is 1.53 bits per heavy atom. The summed E-state index contributed by atoms with van der Waals surface area (Å²) in [5, 5.41) is 11.1. The van der Waals surface area contributed by atoms with Gasteiger partial charge in [0.2, 0.25) is 5.91 Å². The molecule has 1 heterocycles. The molecule has 1 aromatic heterocycles. The second-order valence-electron chi connectivity index (χ2n) is 4.25. The number of carbonyl (C=O) groups is 2. The maximum atomic E-state index is 11.7. The van der Waals surface area contributed by atoms with Gasteiger partial charge in [-0.05, 0) is 18.2 Å². The summed E-state index contributed by atoms with van der Waals surface area (Å²) in [6.45, 7) is 0. The first-order valence-corrected chi connectivity index (χ1v) is 5.66. The average Bonchev–Trinajstić information content (AvgIpc) is 2.70. The minimum Gasteiger partial charge on any atom is -0.481 e. The summed E-state index contributed by atoms with van der Waals surface area (Å²) in [6, 6.07) is 4.17. The van der Waals surface area contributed by atoms with Crippen LogP contribution in [0.4, 0.5) is 5.69 Å². The molecule has 2 aromatic rings. The van der Waals surface area contributed by atoms with Gasteiger partial charge in [-0.25, -0.2) is 4.98 Å². The number of nitrogens with zero attached hydrogens (tertiary/aromatic N) is 2. The van der Waals surface area contributed by atoms with Crippen LogP contribution >= 0.6 is 0 Å². The van der Waals surface area contributed by atoms with Crippen LogP contribution in [-0.4, -0.2) is 32.6 Å². The highest BCUT2D eigenvalue weighted by molar-refractivity contribution is 5.97. The molecule has 0 aliphatic carbocycles. The van der Waals surface area contributed by atoms with Crippen molar-refractivity contribution in [2.24, 2.45) is 12.8 Å². The van der Waals surface area contributed by atoms with E-state index in [0.717, 1.165) is 11.0 Å². The molecule has 1 amide bonds. The average molecular weight is 262 g/mol. The first-order chi connectivity index (χ1) is 8.97. The Labute approximate surface area is 109 Å². The van der Waals surface area contributed by atoms with Gasteiger partial charge in [-0.1, -0.05) is 0 Å². The molecule has 100 valence electrons. The number of benzene rings is 1. The maximum absolute atomic E-state index is 11.7. The van der Waals surface area contributed by atoms with Crippen LogP contribution in [0.2, 0.25) is 0 Å². The van der Waals surface area contributed by atoms with E-state index in [1.807, 2.05) is 17.7 Å². The summed E-state index contributed by atoms with van der Waals surface area (Å²) in [6.07, 6.45) is 1.27. The Balaban J connectivity index is 2.12. The van der Waals surface area contributed by atoms with E-state index in [9.17, 15) is 9.59 Å². The van der Waals surface area contributed by atoms with Gasteiger partial charge < -0.3 is 20.7 Å². The Kier molecular flexibility index (Phi) is 3.48. The number of aliphatic carboxylic acids is 1. The monoisotopic (exact) mass is 262 g/mol. The molecule has 0 spiro atoms. The van der Waals surface area contributed by atoms with E-state index >= 15 is 0 Å². The van der Waals surface area contributed by atoms with Gasteiger partial charge in [0, 0.05) is 12.7 Å². The van der Waals surface area contributed by atoms with E-state index in [1.54, 1.807) is 18.5 Å². The summed E-state index contributed by atoms with van der Waals surface area (Å²) in [5.74, 6) is -1.64. The first kappa shape index (κ1) is 13.0. The van der Waals surface area contributed by atoms with Crippen molar-refractivity contribution in [3.8, 4) is 0 Å². The molecule has 0 aliphatic heterocycles. The molecule has 0 saturated carbocycles. The van der Waals surface area contributed by atoms with Crippen LogP contribution in [0, 0.1) is 0 Å².